The van der Waals surface area contributed by atoms with Gasteiger partial charge in [0.25, 0.3) is 0 Å². The zero-order chi connectivity index (χ0) is 25.8. The summed E-state index contributed by atoms with van der Waals surface area (Å²) in [6.07, 6.45) is 3.41. The predicted molar refractivity (Wildman–Crippen MR) is 152 cm³/mol. The fraction of sp³-hybridized carbons (Fsp3) is 0.226. The minimum absolute atomic E-state index is 0.187. The second-order valence-electron chi connectivity index (χ2n) is 9.67. The molecule has 4 aromatic carbocycles. The zero-order valence-corrected chi connectivity index (χ0v) is 21.3. The fourth-order valence-corrected chi connectivity index (χ4v) is 4.74. The van der Waals surface area contributed by atoms with Crippen LogP contribution >= 0.6 is 0 Å². The Morgan fingerprint density at radius 1 is 0.784 bits per heavy atom. The molecule has 188 valence electrons. The highest BCUT2D eigenvalue weighted by molar-refractivity contribution is 6.04. The summed E-state index contributed by atoms with van der Waals surface area (Å²) in [5.41, 5.74) is 4.90. The SMILES string of the molecule is Cc1cc(C=Nc2cccc3cccc(N=Cc4ccccc4O)c23)c(O)c(CN2CCN(C)CC2)c1. The van der Waals surface area contributed by atoms with Gasteiger partial charge in [-0.15, -0.1) is 0 Å². The van der Waals surface area contributed by atoms with E-state index in [4.69, 9.17) is 4.99 Å². The third kappa shape index (κ3) is 5.71. The number of piperazine rings is 1. The molecule has 2 N–H and O–H groups in total. The Balaban J connectivity index is 1.47. The van der Waals surface area contributed by atoms with Crippen molar-refractivity contribution in [2.24, 2.45) is 9.98 Å². The standard InChI is InChI=1S/C31H32N4O2/c1-22-17-25(31(37)26(18-22)21-35-15-13-34(2)14-16-35)20-33-28-11-6-9-23-8-5-10-27(30(23)28)32-19-24-7-3-4-12-29(24)36/h3-12,17-20,36-37H,13-16,21H2,1-2H3. The summed E-state index contributed by atoms with van der Waals surface area (Å²) in [6.45, 7) is 6.84. The second-order valence-corrected chi connectivity index (χ2v) is 9.67. The number of likely N-dealkylation sites (N-methyl/N-ethyl adjacent to an activating group) is 1. The normalized spacial score (nSPS) is 15.3. The number of hydrogen-bond acceptors (Lipinski definition) is 6. The van der Waals surface area contributed by atoms with Crippen LogP contribution in [0.5, 0.6) is 11.5 Å². The van der Waals surface area contributed by atoms with Gasteiger partial charge in [0.05, 0.1) is 11.4 Å². The molecule has 0 unspecified atom stereocenters. The van der Waals surface area contributed by atoms with Gasteiger partial charge in [-0.05, 0) is 55.3 Å². The van der Waals surface area contributed by atoms with Crippen LogP contribution in [0.2, 0.25) is 0 Å². The molecule has 1 aliphatic heterocycles. The monoisotopic (exact) mass is 492 g/mol. The Bertz CT molecular complexity index is 1460. The number of aryl methyl sites for hydroxylation is 1. The van der Waals surface area contributed by atoms with Gasteiger partial charge in [0, 0.05) is 67.2 Å². The quantitative estimate of drug-likeness (QED) is 0.333. The number of phenols is 2. The Kier molecular flexibility index (Phi) is 7.30. The van der Waals surface area contributed by atoms with Crippen molar-refractivity contribution in [3.05, 3.63) is 95.1 Å². The van der Waals surface area contributed by atoms with Gasteiger partial charge in [-0.25, -0.2) is 0 Å². The third-order valence-corrected chi connectivity index (χ3v) is 6.84. The number of hydrogen-bond donors (Lipinski definition) is 2. The number of para-hydroxylation sites is 1. The first-order valence-corrected chi connectivity index (χ1v) is 12.6. The zero-order valence-electron chi connectivity index (χ0n) is 21.3. The van der Waals surface area contributed by atoms with Gasteiger partial charge in [-0.3, -0.25) is 14.9 Å². The van der Waals surface area contributed by atoms with Crippen LogP contribution in [0.4, 0.5) is 11.4 Å². The van der Waals surface area contributed by atoms with Gasteiger partial charge < -0.3 is 15.1 Å². The fourth-order valence-electron chi connectivity index (χ4n) is 4.74. The lowest BCUT2D eigenvalue weighted by Gasteiger charge is -2.32. The van der Waals surface area contributed by atoms with Crippen LogP contribution in [0.15, 0.2) is 82.8 Å². The topological polar surface area (TPSA) is 71.7 Å². The first-order valence-electron chi connectivity index (χ1n) is 12.6. The van der Waals surface area contributed by atoms with Crippen LogP contribution in [0, 0.1) is 6.92 Å². The van der Waals surface area contributed by atoms with Crippen molar-refractivity contribution in [3.63, 3.8) is 0 Å². The maximum absolute atomic E-state index is 11.1. The van der Waals surface area contributed by atoms with Crippen molar-refractivity contribution in [1.29, 1.82) is 0 Å². The molecule has 37 heavy (non-hydrogen) atoms. The van der Waals surface area contributed by atoms with Crippen molar-refractivity contribution in [1.82, 2.24) is 9.80 Å². The molecule has 0 atom stereocenters. The molecule has 6 heteroatoms. The Morgan fingerprint density at radius 2 is 1.43 bits per heavy atom. The van der Waals surface area contributed by atoms with Gasteiger partial charge in [0.15, 0.2) is 0 Å². The van der Waals surface area contributed by atoms with Crippen molar-refractivity contribution in [2.75, 3.05) is 33.2 Å². The van der Waals surface area contributed by atoms with Crippen LogP contribution in [-0.2, 0) is 6.54 Å². The van der Waals surface area contributed by atoms with E-state index in [2.05, 4.69) is 27.9 Å². The van der Waals surface area contributed by atoms with Crippen molar-refractivity contribution in [2.45, 2.75) is 13.5 Å². The van der Waals surface area contributed by atoms with E-state index in [0.29, 0.717) is 11.1 Å². The Morgan fingerprint density at radius 3 is 2.11 bits per heavy atom. The van der Waals surface area contributed by atoms with Crippen LogP contribution < -0.4 is 0 Å². The van der Waals surface area contributed by atoms with Crippen LogP contribution in [0.3, 0.4) is 0 Å². The second kappa shape index (κ2) is 10.9. The number of nitrogens with zero attached hydrogens (tertiary/aromatic N) is 4. The number of fused-ring (bicyclic) bond motifs is 1. The van der Waals surface area contributed by atoms with E-state index in [9.17, 15) is 10.2 Å². The van der Waals surface area contributed by atoms with E-state index in [1.807, 2.05) is 61.5 Å². The molecule has 0 amide bonds. The molecule has 0 radical (unpaired) electrons. The van der Waals surface area contributed by atoms with E-state index >= 15 is 0 Å². The van der Waals surface area contributed by atoms with Crippen molar-refractivity contribution >= 4 is 34.6 Å². The largest absolute Gasteiger partial charge is 0.507 e. The van der Waals surface area contributed by atoms with Gasteiger partial charge in [0.1, 0.15) is 11.5 Å². The molecule has 1 heterocycles. The summed E-state index contributed by atoms with van der Waals surface area (Å²) in [6, 6.07) is 23.0. The molecule has 1 saturated heterocycles. The lowest BCUT2D eigenvalue weighted by Crippen LogP contribution is -2.43. The summed E-state index contributed by atoms with van der Waals surface area (Å²) in [5.74, 6) is 0.471. The molecular weight excluding hydrogens is 460 g/mol. The first-order chi connectivity index (χ1) is 18.0. The molecule has 0 aromatic heterocycles. The number of benzene rings is 4. The summed E-state index contributed by atoms with van der Waals surface area (Å²) < 4.78 is 0. The van der Waals surface area contributed by atoms with Gasteiger partial charge in [-0.1, -0.05) is 42.5 Å². The number of aromatic hydroxyl groups is 2. The average molecular weight is 493 g/mol. The minimum Gasteiger partial charge on any atom is -0.507 e. The van der Waals surface area contributed by atoms with E-state index in [0.717, 1.165) is 66.0 Å². The van der Waals surface area contributed by atoms with E-state index < -0.39 is 0 Å². The van der Waals surface area contributed by atoms with Crippen LogP contribution in [0.1, 0.15) is 22.3 Å². The lowest BCUT2D eigenvalue weighted by molar-refractivity contribution is 0.147. The maximum atomic E-state index is 11.1. The third-order valence-electron chi connectivity index (χ3n) is 6.84. The first kappa shape index (κ1) is 24.7. The van der Waals surface area contributed by atoms with E-state index in [-0.39, 0.29) is 11.5 Å². The summed E-state index contributed by atoms with van der Waals surface area (Å²) in [5, 5.41) is 23.1. The Hall–Kier alpha value is -4.00. The van der Waals surface area contributed by atoms with Crippen LogP contribution in [0.25, 0.3) is 10.8 Å². The highest BCUT2D eigenvalue weighted by Crippen LogP contribution is 2.35. The maximum Gasteiger partial charge on any atom is 0.128 e. The Labute approximate surface area is 217 Å². The van der Waals surface area contributed by atoms with Crippen LogP contribution in [-0.4, -0.2) is 65.7 Å². The molecule has 6 nitrogen and oxygen atoms in total. The molecule has 1 fully saturated rings. The molecule has 0 spiro atoms. The molecular formula is C31H32N4O2. The highest BCUT2D eigenvalue weighted by atomic mass is 16.3. The molecule has 0 saturated carbocycles. The highest BCUT2D eigenvalue weighted by Gasteiger charge is 2.17. The van der Waals surface area contributed by atoms with Gasteiger partial charge >= 0.3 is 0 Å². The predicted octanol–water partition coefficient (Wildman–Crippen LogP) is 5.81. The minimum atomic E-state index is 0.187. The van der Waals surface area contributed by atoms with E-state index in [1.54, 1.807) is 24.6 Å². The number of aliphatic imine (C=N–C) groups is 2. The number of rotatable bonds is 6. The van der Waals surface area contributed by atoms with Gasteiger partial charge in [-0.2, -0.15) is 0 Å². The molecule has 1 aliphatic rings. The van der Waals surface area contributed by atoms with Gasteiger partial charge in [0.2, 0.25) is 0 Å². The molecule has 4 aromatic rings. The summed E-state index contributed by atoms with van der Waals surface area (Å²) in [4.78, 5) is 14.2. The summed E-state index contributed by atoms with van der Waals surface area (Å²) >= 11 is 0. The molecule has 0 bridgehead atoms. The van der Waals surface area contributed by atoms with E-state index in [1.165, 1.54) is 0 Å². The lowest BCUT2D eigenvalue weighted by atomic mass is 10.0. The summed E-state index contributed by atoms with van der Waals surface area (Å²) in [7, 11) is 2.14. The van der Waals surface area contributed by atoms with Crippen molar-refractivity contribution in [3.8, 4) is 11.5 Å². The average Bonchev–Trinajstić information content (AvgIpc) is 2.90. The number of phenolic OH excluding ortho intramolecular Hbond substituents is 2. The molecule has 5 rings (SSSR count). The van der Waals surface area contributed by atoms with Crippen molar-refractivity contribution < 1.29 is 10.2 Å². The molecule has 0 aliphatic carbocycles. The smallest absolute Gasteiger partial charge is 0.128 e.